The molecule has 1 nitrogen and oxygen atoms in total. The summed E-state index contributed by atoms with van der Waals surface area (Å²) < 4.78 is 1.00. The van der Waals surface area contributed by atoms with Crippen LogP contribution in [0.2, 0.25) is 0 Å². The number of allylic oxidation sites excluding steroid dienone is 11. The van der Waals surface area contributed by atoms with Crippen molar-refractivity contribution in [3.63, 3.8) is 0 Å². The van der Waals surface area contributed by atoms with E-state index in [2.05, 4.69) is 201 Å². The predicted octanol–water partition coefficient (Wildman–Crippen LogP) is 18.6. The maximum atomic E-state index is 3.64. The van der Waals surface area contributed by atoms with Crippen molar-refractivity contribution < 1.29 is 0 Å². The minimum absolute atomic E-state index is 0.188. The Bertz CT molecular complexity index is 2590. The zero-order valence-corrected chi connectivity index (χ0v) is 40.9. The van der Waals surface area contributed by atoms with Crippen molar-refractivity contribution in [2.75, 3.05) is 11.9 Å². The van der Waals surface area contributed by atoms with Crippen LogP contribution in [0.1, 0.15) is 54.2 Å². The molecule has 66 heavy (non-hydrogen) atoms. The maximum Gasteiger partial charge on any atom is 0.0725 e. The summed E-state index contributed by atoms with van der Waals surface area (Å²) >= 11 is 3.36. The second-order valence-corrected chi connectivity index (χ2v) is 16.0. The summed E-state index contributed by atoms with van der Waals surface area (Å²) in [4.78, 5) is 2.17. The third kappa shape index (κ3) is 13.4. The molecule has 0 saturated heterocycles. The summed E-state index contributed by atoms with van der Waals surface area (Å²) in [6.07, 6.45) is 20.5. The molecule has 0 aromatic heterocycles. The van der Waals surface area contributed by atoms with Crippen molar-refractivity contribution in [2.45, 2.75) is 33.1 Å². The summed E-state index contributed by atoms with van der Waals surface area (Å²) in [7, 11) is 2.07. The SMILES string of the molecule is C=C/C(Br)=C\c1ccccc1.C=C/C=C\C.C=C/C=C\C.C=C/C=C\C.CN(c1ccccc1)c1ccccc1.Cc1ccc2c(c1)-c1ccccc1C21c2ccccc2-c2ccccc21. The number of anilines is 2. The molecule has 7 aromatic carbocycles. The van der Waals surface area contributed by atoms with Gasteiger partial charge < -0.3 is 4.90 Å². The van der Waals surface area contributed by atoms with Crippen LogP contribution in [0.25, 0.3) is 28.3 Å². The van der Waals surface area contributed by atoms with Crippen LogP contribution in [-0.2, 0) is 5.41 Å². The highest BCUT2D eigenvalue weighted by Gasteiger charge is 2.51. The van der Waals surface area contributed by atoms with Gasteiger partial charge in [-0.1, -0.05) is 266 Å². The monoisotopic (exact) mass is 925 g/mol. The molecule has 7 aromatic rings. The van der Waals surface area contributed by atoms with Crippen molar-refractivity contribution in [3.05, 3.63) is 307 Å². The minimum atomic E-state index is -0.188. The fourth-order valence-corrected chi connectivity index (χ4v) is 8.11. The lowest BCUT2D eigenvalue weighted by atomic mass is 9.70. The van der Waals surface area contributed by atoms with Crippen molar-refractivity contribution in [3.8, 4) is 22.3 Å². The van der Waals surface area contributed by atoms with Gasteiger partial charge in [0.2, 0.25) is 0 Å². The number of benzene rings is 7. The highest BCUT2D eigenvalue weighted by Crippen LogP contribution is 2.62. The Morgan fingerprint density at radius 3 is 1.17 bits per heavy atom. The average Bonchev–Trinajstić information content (AvgIpc) is 3.83. The van der Waals surface area contributed by atoms with Gasteiger partial charge in [0.1, 0.15) is 0 Å². The molecule has 0 aliphatic heterocycles. The summed E-state index contributed by atoms with van der Waals surface area (Å²) in [5.41, 5.74) is 15.9. The highest BCUT2D eigenvalue weighted by molar-refractivity contribution is 9.12. The van der Waals surface area contributed by atoms with Gasteiger partial charge in [0, 0.05) is 22.9 Å². The first-order valence-corrected chi connectivity index (χ1v) is 23.1. The van der Waals surface area contributed by atoms with Gasteiger partial charge in [0.25, 0.3) is 0 Å². The summed E-state index contributed by atoms with van der Waals surface area (Å²) in [6.45, 7) is 22.1. The molecule has 0 N–H and O–H groups in total. The zero-order valence-electron chi connectivity index (χ0n) is 39.3. The summed E-state index contributed by atoms with van der Waals surface area (Å²) in [5.74, 6) is 0. The fourth-order valence-electron chi connectivity index (χ4n) is 7.84. The number of hydrogen-bond acceptors (Lipinski definition) is 1. The first-order valence-electron chi connectivity index (χ1n) is 22.3. The quantitative estimate of drug-likeness (QED) is 0.144. The van der Waals surface area contributed by atoms with E-state index in [1.54, 1.807) is 24.3 Å². The average molecular weight is 927 g/mol. The smallest absolute Gasteiger partial charge is 0.0725 e. The van der Waals surface area contributed by atoms with Crippen LogP contribution < -0.4 is 4.90 Å². The van der Waals surface area contributed by atoms with Gasteiger partial charge in [-0.25, -0.2) is 0 Å². The van der Waals surface area contributed by atoms with Gasteiger partial charge in [0.05, 0.1) is 5.41 Å². The Morgan fingerprint density at radius 2 is 0.803 bits per heavy atom. The molecule has 2 aliphatic rings. The van der Waals surface area contributed by atoms with E-state index in [0.717, 1.165) is 4.48 Å². The van der Waals surface area contributed by atoms with E-state index in [0.29, 0.717) is 0 Å². The van der Waals surface area contributed by atoms with Crippen molar-refractivity contribution in [1.29, 1.82) is 0 Å². The zero-order chi connectivity index (χ0) is 47.6. The second-order valence-electron chi connectivity index (χ2n) is 15.1. The lowest BCUT2D eigenvalue weighted by Gasteiger charge is -2.30. The Hall–Kier alpha value is -7.26. The van der Waals surface area contributed by atoms with E-state index < -0.39 is 0 Å². The van der Waals surface area contributed by atoms with Crippen molar-refractivity contribution in [1.82, 2.24) is 0 Å². The fraction of sp³-hybridized carbons (Fsp3) is 0.0938. The minimum Gasteiger partial charge on any atom is -0.345 e. The van der Waals surface area contributed by atoms with Gasteiger partial charge in [-0.15, -0.1) is 0 Å². The van der Waals surface area contributed by atoms with Crippen LogP contribution in [0.15, 0.2) is 274 Å². The standard InChI is InChI=1S/C26H18.C13H13N.C10H9Br.3C5H8/c1-17-14-15-25-21(16-17)20-10-4-7-13-24(20)26(25)22-11-5-2-8-18(22)19-9-3-6-12-23(19)26;1-14(12-8-4-2-5-9-12)13-10-6-3-7-11-13;1-2-10(11)8-9-6-4-3-5-7-9;3*1-3-5-4-2/h2-16H,1H3;2-11H,1H3;2-8H,1H2;3*3-5H,1H2,2H3/b;;10-8+;3*5-4-. The number of rotatable bonds is 7. The molecule has 0 fully saturated rings. The molecular formula is C64H64BrN. The molecule has 2 aliphatic carbocycles. The molecule has 9 rings (SSSR count). The lowest BCUT2D eigenvalue weighted by molar-refractivity contribution is 0.793. The molecule has 0 unspecified atom stereocenters. The van der Waals surface area contributed by atoms with E-state index in [-0.39, 0.29) is 5.41 Å². The molecular weight excluding hydrogens is 863 g/mol. The molecule has 0 saturated carbocycles. The van der Waals surface area contributed by atoms with Crippen LogP contribution in [0, 0.1) is 6.92 Å². The molecule has 0 atom stereocenters. The lowest BCUT2D eigenvalue weighted by Crippen LogP contribution is -2.25. The third-order valence-electron chi connectivity index (χ3n) is 10.7. The van der Waals surface area contributed by atoms with E-state index in [9.17, 15) is 0 Å². The van der Waals surface area contributed by atoms with E-state index in [1.165, 1.54) is 67.0 Å². The van der Waals surface area contributed by atoms with Crippen LogP contribution in [0.5, 0.6) is 0 Å². The number of nitrogens with zero attached hydrogens (tertiary/aromatic N) is 1. The third-order valence-corrected chi connectivity index (χ3v) is 11.3. The maximum absolute atomic E-state index is 3.64. The van der Waals surface area contributed by atoms with Gasteiger partial charge in [0.15, 0.2) is 0 Å². The van der Waals surface area contributed by atoms with Crippen LogP contribution in [-0.4, -0.2) is 7.05 Å². The van der Waals surface area contributed by atoms with Gasteiger partial charge >= 0.3 is 0 Å². The first kappa shape index (κ1) is 51.4. The molecule has 1 spiro atoms. The molecule has 0 radical (unpaired) electrons. The highest BCUT2D eigenvalue weighted by atomic mass is 79.9. The van der Waals surface area contributed by atoms with E-state index >= 15 is 0 Å². The van der Waals surface area contributed by atoms with Crippen LogP contribution in [0.3, 0.4) is 0 Å². The topological polar surface area (TPSA) is 3.24 Å². The number of aryl methyl sites for hydroxylation is 1. The number of fused-ring (bicyclic) bond motifs is 10. The molecule has 0 bridgehead atoms. The van der Waals surface area contributed by atoms with Crippen molar-refractivity contribution in [2.24, 2.45) is 0 Å². The predicted molar refractivity (Wildman–Crippen MR) is 297 cm³/mol. The largest absolute Gasteiger partial charge is 0.345 e. The van der Waals surface area contributed by atoms with Crippen molar-refractivity contribution >= 4 is 33.4 Å². The van der Waals surface area contributed by atoms with Gasteiger partial charge in [-0.05, 0) is 108 Å². The van der Waals surface area contributed by atoms with Crippen LogP contribution >= 0.6 is 15.9 Å². The van der Waals surface area contributed by atoms with E-state index in [1.807, 2.05) is 106 Å². The molecule has 0 heterocycles. The Morgan fingerprint density at radius 1 is 0.455 bits per heavy atom. The van der Waals surface area contributed by atoms with Crippen LogP contribution in [0.4, 0.5) is 11.4 Å². The summed E-state index contributed by atoms with van der Waals surface area (Å²) in [5, 5.41) is 0. The molecule has 332 valence electrons. The molecule has 2 heteroatoms. The Balaban J connectivity index is 0.000000202. The number of hydrogen-bond donors (Lipinski definition) is 0. The van der Waals surface area contributed by atoms with E-state index in [4.69, 9.17) is 0 Å². The summed E-state index contributed by atoms with van der Waals surface area (Å²) in [6, 6.07) is 64.6. The first-order chi connectivity index (χ1) is 32.3. The van der Waals surface area contributed by atoms with Gasteiger partial charge in [-0.2, -0.15) is 0 Å². The second kappa shape index (κ2) is 27.8. The number of halogens is 1. The Kier molecular flexibility index (Phi) is 21.7. The Labute approximate surface area is 405 Å². The van der Waals surface area contributed by atoms with Gasteiger partial charge in [-0.3, -0.25) is 0 Å². The molecule has 0 amide bonds. The normalized spacial score (nSPS) is 11.8. The number of para-hydroxylation sites is 2.